The average molecular weight is 281 g/mol. The van der Waals surface area contributed by atoms with Crippen molar-refractivity contribution in [3.63, 3.8) is 0 Å². The maximum absolute atomic E-state index is 13.7. The minimum Gasteiger partial charge on any atom is -0.366 e. The molecule has 1 aromatic rings. The summed E-state index contributed by atoms with van der Waals surface area (Å²) in [5.74, 6) is -1.78. The molecule has 0 aliphatic carbocycles. The first-order valence-electron chi connectivity index (χ1n) is 6.44. The molecule has 0 aromatic heterocycles. The summed E-state index contributed by atoms with van der Waals surface area (Å²) in [4.78, 5) is 23.1. The van der Waals surface area contributed by atoms with Crippen molar-refractivity contribution in [3.8, 4) is 0 Å². The number of benzene rings is 1. The summed E-state index contributed by atoms with van der Waals surface area (Å²) in [6.45, 7) is 5.29. The smallest absolute Gasteiger partial charge is 0.248 e. The van der Waals surface area contributed by atoms with Crippen LogP contribution in [0.3, 0.4) is 0 Å². The number of halogens is 1. The van der Waals surface area contributed by atoms with Gasteiger partial charge in [0.25, 0.3) is 0 Å². The molecule has 0 fully saturated rings. The molecule has 0 bridgehead atoms. The number of nitrogens with two attached hydrogens (primary N) is 2. The second-order valence-corrected chi connectivity index (χ2v) is 4.90. The zero-order valence-electron chi connectivity index (χ0n) is 11.9. The van der Waals surface area contributed by atoms with E-state index in [-0.39, 0.29) is 22.7 Å². The number of rotatable bonds is 5. The number of primary amides is 1. The lowest BCUT2D eigenvalue weighted by molar-refractivity contribution is -0.118. The van der Waals surface area contributed by atoms with Gasteiger partial charge in [0.15, 0.2) is 0 Å². The molecule has 0 aliphatic rings. The van der Waals surface area contributed by atoms with Crippen molar-refractivity contribution < 1.29 is 14.0 Å². The average Bonchev–Trinajstić information content (AvgIpc) is 2.41. The fraction of sp³-hybridized carbons (Fsp3) is 0.429. The molecule has 0 aliphatic heterocycles. The van der Waals surface area contributed by atoms with Crippen LogP contribution >= 0.6 is 0 Å². The van der Waals surface area contributed by atoms with Gasteiger partial charge in [0.05, 0.1) is 6.04 Å². The van der Waals surface area contributed by atoms with Crippen LogP contribution in [0.2, 0.25) is 0 Å². The monoisotopic (exact) mass is 281 g/mol. The molecule has 1 rings (SSSR count). The SMILES string of the molecule is CCC(C)[C@H](N)C(=O)Nc1cc(C(N)=O)cc(F)c1C. The van der Waals surface area contributed by atoms with Gasteiger partial charge in [-0.15, -0.1) is 0 Å². The lowest BCUT2D eigenvalue weighted by atomic mass is 9.99. The number of anilines is 1. The van der Waals surface area contributed by atoms with Crippen molar-refractivity contribution in [2.24, 2.45) is 17.4 Å². The van der Waals surface area contributed by atoms with E-state index in [9.17, 15) is 14.0 Å². The van der Waals surface area contributed by atoms with E-state index >= 15 is 0 Å². The fourth-order valence-electron chi connectivity index (χ4n) is 1.68. The zero-order valence-corrected chi connectivity index (χ0v) is 11.9. The molecular formula is C14H20FN3O2. The molecule has 0 radical (unpaired) electrons. The number of carbonyl (C=O) groups is 2. The summed E-state index contributed by atoms with van der Waals surface area (Å²) in [6.07, 6.45) is 0.753. The van der Waals surface area contributed by atoms with Gasteiger partial charge in [-0.05, 0) is 25.0 Å². The summed E-state index contributed by atoms with van der Waals surface area (Å²) in [5, 5.41) is 2.55. The van der Waals surface area contributed by atoms with Crippen LogP contribution in [0, 0.1) is 18.7 Å². The predicted molar refractivity (Wildman–Crippen MR) is 75.7 cm³/mol. The molecule has 1 aromatic carbocycles. The van der Waals surface area contributed by atoms with Gasteiger partial charge in [-0.3, -0.25) is 9.59 Å². The van der Waals surface area contributed by atoms with Crippen LogP contribution in [0.1, 0.15) is 36.2 Å². The van der Waals surface area contributed by atoms with Crippen LogP contribution in [0.5, 0.6) is 0 Å². The van der Waals surface area contributed by atoms with Crippen molar-refractivity contribution in [2.75, 3.05) is 5.32 Å². The Morgan fingerprint density at radius 2 is 2.00 bits per heavy atom. The Morgan fingerprint density at radius 1 is 1.40 bits per heavy atom. The number of nitrogens with one attached hydrogen (secondary N) is 1. The third-order valence-electron chi connectivity index (χ3n) is 3.45. The lowest BCUT2D eigenvalue weighted by Crippen LogP contribution is -2.40. The number of hydrogen-bond acceptors (Lipinski definition) is 3. The highest BCUT2D eigenvalue weighted by Crippen LogP contribution is 2.21. The van der Waals surface area contributed by atoms with Gasteiger partial charge in [-0.25, -0.2) is 4.39 Å². The highest BCUT2D eigenvalue weighted by Gasteiger charge is 2.21. The van der Waals surface area contributed by atoms with E-state index in [2.05, 4.69) is 5.32 Å². The van der Waals surface area contributed by atoms with E-state index in [0.717, 1.165) is 12.5 Å². The number of hydrogen-bond donors (Lipinski definition) is 3. The van der Waals surface area contributed by atoms with Crippen molar-refractivity contribution in [1.29, 1.82) is 0 Å². The first-order valence-corrected chi connectivity index (χ1v) is 6.44. The number of carbonyl (C=O) groups excluding carboxylic acids is 2. The molecule has 0 saturated carbocycles. The topological polar surface area (TPSA) is 98.2 Å². The van der Waals surface area contributed by atoms with Crippen molar-refractivity contribution in [1.82, 2.24) is 0 Å². The summed E-state index contributed by atoms with van der Waals surface area (Å²) in [5.41, 5.74) is 11.4. The van der Waals surface area contributed by atoms with Crippen LogP contribution in [0.25, 0.3) is 0 Å². The Labute approximate surface area is 117 Å². The summed E-state index contributed by atoms with van der Waals surface area (Å²) in [7, 11) is 0. The number of amides is 2. The van der Waals surface area contributed by atoms with Gasteiger partial charge in [-0.2, -0.15) is 0 Å². The molecule has 0 spiro atoms. The second-order valence-electron chi connectivity index (χ2n) is 4.90. The Bertz CT molecular complexity index is 531. The third kappa shape index (κ3) is 3.54. The van der Waals surface area contributed by atoms with Crippen LogP contribution in [-0.2, 0) is 4.79 Å². The van der Waals surface area contributed by atoms with Crippen LogP contribution in [-0.4, -0.2) is 17.9 Å². The van der Waals surface area contributed by atoms with E-state index < -0.39 is 23.7 Å². The Balaban J connectivity index is 3.03. The van der Waals surface area contributed by atoms with E-state index in [1.54, 1.807) is 0 Å². The Morgan fingerprint density at radius 3 is 2.50 bits per heavy atom. The second kappa shape index (κ2) is 6.47. The van der Waals surface area contributed by atoms with Gasteiger partial charge in [0, 0.05) is 16.8 Å². The van der Waals surface area contributed by atoms with Gasteiger partial charge in [0.2, 0.25) is 11.8 Å². The zero-order chi connectivity index (χ0) is 15.4. The van der Waals surface area contributed by atoms with E-state index in [4.69, 9.17) is 11.5 Å². The van der Waals surface area contributed by atoms with Crippen LogP contribution in [0.4, 0.5) is 10.1 Å². The molecule has 5 nitrogen and oxygen atoms in total. The molecule has 5 N–H and O–H groups in total. The minimum atomic E-state index is -0.759. The molecule has 2 amide bonds. The van der Waals surface area contributed by atoms with E-state index in [1.807, 2.05) is 13.8 Å². The Kier molecular flexibility index (Phi) is 5.21. The fourth-order valence-corrected chi connectivity index (χ4v) is 1.68. The predicted octanol–water partition coefficient (Wildman–Crippen LogP) is 1.54. The van der Waals surface area contributed by atoms with Gasteiger partial charge in [-0.1, -0.05) is 20.3 Å². The molecule has 1 unspecified atom stereocenters. The summed E-state index contributed by atoms with van der Waals surface area (Å²) in [6, 6.07) is 1.70. The maximum Gasteiger partial charge on any atom is 0.248 e. The molecule has 110 valence electrons. The molecule has 0 saturated heterocycles. The van der Waals surface area contributed by atoms with Crippen LogP contribution < -0.4 is 16.8 Å². The summed E-state index contributed by atoms with van der Waals surface area (Å²) >= 11 is 0. The highest BCUT2D eigenvalue weighted by molar-refractivity contribution is 5.98. The third-order valence-corrected chi connectivity index (χ3v) is 3.45. The van der Waals surface area contributed by atoms with Crippen molar-refractivity contribution in [3.05, 3.63) is 29.1 Å². The van der Waals surface area contributed by atoms with E-state index in [0.29, 0.717) is 0 Å². The van der Waals surface area contributed by atoms with E-state index in [1.165, 1.54) is 13.0 Å². The normalized spacial score (nSPS) is 13.7. The van der Waals surface area contributed by atoms with Gasteiger partial charge in [0.1, 0.15) is 5.82 Å². The first kappa shape index (κ1) is 16.1. The largest absolute Gasteiger partial charge is 0.366 e. The minimum absolute atomic E-state index is 0.000474. The molecule has 6 heteroatoms. The molecule has 2 atom stereocenters. The van der Waals surface area contributed by atoms with Crippen LogP contribution in [0.15, 0.2) is 12.1 Å². The summed E-state index contributed by atoms with van der Waals surface area (Å²) < 4.78 is 13.7. The molecular weight excluding hydrogens is 261 g/mol. The highest BCUT2D eigenvalue weighted by atomic mass is 19.1. The van der Waals surface area contributed by atoms with Gasteiger partial charge < -0.3 is 16.8 Å². The molecule has 0 heterocycles. The Hall–Kier alpha value is -1.95. The quantitative estimate of drug-likeness (QED) is 0.763. The van der Waals surface area contributed by atoms with Crippen molar-refractivity contribution >= 4 is 17.5 Å². The maximum atomic E-state index is 13.7. The lowest BCUT2D eigenvalue weighted by Gasteiger charge is -2.19. The first-order chi connectivity index (χ1) is 9.27. The van der Waals surface area contributed by atoms with Gasteiger partial charge >= 0.3 is 0 Å². The standard InChI is InChI=1S/C14H20FN3O2/c1-4-7(2)12(16)14(20)18-11-6-9(13(17)19)5-10(15)8(11)3/h5-7,12H,4,16H2,1-3H3,(H2,17,19)(H,18,20)/t7?,12-/m0/s1. The van der Waals surface area contributed by atoms with Crippen molar-refractivity contribution in [2.45, 2.75) is 33.2 Å². The molecule has 20 heavy (non-hydrogen) atoms.